The fraction of sp³-hybridized carbons (Fsp3) is 0.182. The third kappa shape index (κ3) is 1.21. The maximum atomic E-state index is 13.2. The molecule has 1 heterocycles. The maximum Gasteiger partial charge on any atom is 0.256 e. The first-order valence-corrected chi connectivity index (χ1v) is 4.38. The fourth-order valence-electron chi connectivity index (χ4n) is 1.58. The van der Waals surface area contributed by atoms with Crippen LogP contribution in [-0.4, -0.2) is 4.98 Å². The summed E-state index contributed by atoms with van der Waals surface area (Å²) in [5, 5.41) is 1.22. The lowest BCUT2D eigenvalue weighted by Gasteiger charge is -2.03. The van der Waals surface area contributed by atoms with Crippen LogP contribution >= 0.6 is 0 Å². The molecular weight excluding hydrogens is 181 g/mol. The predicted octanol–water partition coefficient (Wildman–Crippen LogP) is 2.28. The van der Waals surface area contributed by atoms with E-state index < -0.39 is 0 Å². The number of H-pyrrole nitrogens is 1. The number of benzene rings is 1. The predicted molar refractivity (Wildman–Crippen MR) is 54.0 cm³/mol. The number of halogens is 1. The maximum absolute atomic E-state index is 13.2. The van der Waals surface area contributed by atoms with Gasteiger partial charge in [-0.25, -0.2) is 4.39 Å². The van der Waals surface area contributed by atoms with Crippen molar-refractivity contribution in [2.24, 2.45) is 0 Å². The average Bonchev–Trinajstić information content (AvgIpc) is 2.12. The number of aromatic amines is 1. The lowest BCUT2D eigenvalue weighted by molar-refractivity contribution is 0.621. The molecule has 0 aliphatic rings. The summed E-state index contributed by atoms with van der Waals surface area (Å²) >= 11 is 0. The van der Waals surface area contributed by atoms with Crippen molar-refractivity contribution in [1.82, 2.24) is 4.98 Å². The normalized spacial score (nSPS) is 10.8. The van der Waals surface area contributed by atoms with Crippen molar-refractivity contribution >= 4 is 10.8 Å². The number of aryl methyl sites for hydroxylation is 2. The van der Waals surface area contributed by atoms with Crippen LogP contribution in [0.25, 0.3) is 10.8 Å². The molecule has 72 valence electrons. The third-order valence-electron chi connectivity index (χ3n) is 2.36. The van der Waals surface area contributed by atoms with E-state index in [2.05, 4.69) is 4.98 Å². The Morgan fingerprint density at radius 1 is 1.21 bits per heavy atom. The van der Waals surface area contributed by atoms with Crippen molar-refractivity contribution in [1.29, 1.82) is 0 Å². The molecule has 0 bridgehead atoms. The number of rotatable bonds is 0. The highest BCUT2D eigenvalue weighted by molar-refractivity contribution is 5.85. The number of hydrogen-bond donors (Lipinski definition) is 1. The second-order valence-electron chi connectivity index (χ2n) is 3.42. The van der Waals surface area contributed by atoms with E-state index in [0.29, 0.717) is 16.3 Å². The van der Waals surface area contributed by atoms with E-state index in [0.717, 1.165) is 5.69 Å². The molecule has 2 aromatic rings. The Kier molecular flexibility index (Phi) is 1.88. The van der Waals surface area contributed by atoms with Gasteiger partial charge in [0.15, 0.2) is 0 Å². The van der Waals surface area contributed by atoms with E-state index in [1.54, 1.807) is 19.9 Å². The zero-order valence-electron chi connectivity index (χ0n) is 8.02. The highest BCUT2D eigenvalue weighted by Crippen LogP contribution is 2.18. The molecule has 0 spiro atoms. The van der Waals surface area contributed by atoms with E-state index >= 15 is 0 Å². The van der Waals surface area contributed by atoms with E-state index in [9.17, 15) is 9.18 Å². The number of fused-ring (bicyclic) bond motifs is 1. The summed E-state index contributed by atoms with van der Waals surface area (Å²) in [6.45, 7) is 3.46. The second kappa shape index (κ2) is 2.94. The molecule has 0 radical (unpaired) electrons. The summed E-state index contributed by atoms with van der Waals surface area (Å²) in [7, 11) is 0. The van der Waals surface area contributed by atoms with Crippen LogP contribution in [0.15, 0.2) is 23.0 Å². The summed E-state index contributed by atoms with van der Waals surface area (Å²) < 4.78 is 13.2. The molecule has 14 heavy (non-hydrogen) atoms. The molecule has 2 nitrogen and oxygen atoms in total. The van der Waals surface area contributed by atoms with Crippen LogP contribution in [0.3, 0.4) is 0 Å². The van der Waals surface area contributed by atoms with Crippen molar-refractivity contribution in [3.63, 3.8) is 0 Å². The van der Waals surface area contributed by atoms with Gasteiger partial charge in [0, 0.05) is 11.1 Å². The van der Waals surface area contributed by atoms with Gasteiger partial charge >= 0.3 is 0 Å². The highest BCUT2D eigenvalue weighted by Gasteiger charge is 2.05. The van der Waals surface area contributed by atoms with Gasteiger partial charge in [-0.2, -0.15) is 0 Å². The SMILES string of the molecule is Cc1cc2c(C)c(F)ccc2c(=O)[nH]1. The Morgan fingerprint density at radius 3 is 2.64 bits per heavy atom. The van der Waals surface area contributed by atoms with Crippen LogP contribution in [0.4, 0.5) is 4.39 Å². The van der Waals surface area contributed by atoms with Crippen molar-refractivity contribution in [2.75, 3.05) is 0 Å². The van der Waals surface area contributed by atoms with Gasteiger partial charge in [-0.1, -0.05) is 0 Å². The molecule has 0 amide bonds. The molecular formula is C11H10FNO. The largest absolute Gasteiger partial charge is 0.326 e. The van der Waals surface area contributed by atoms with Gasteiger partial charge < -0.3 is 4.98 Å². The molecule has 0 aliphatic carbocycles. The molecule has 0 saturated carbocycles. The monoisotopic (exact) mass is 191 g/mol. The Hall–Kier alpha value is -1.64. The van der Waals surface area contributed by atoms with Crippen LogP contribution in [0.5, 0.6) is 0 Å². The van der Waals surface area contributed by atoms with Gasteiger partial charge in [-0.15, -0.1) is 0 Å². The van der Waals surface area contributed by atoms with Gasteiger partial charge in [-0.3, -0.25) is 4.79 Å². The first-order chi connectivity index (χ1) is 6.59. The van der Waals surface area contributed by atoms with E-state index in [1.807, 2.05) is 0 Å². The molecule has 0 atom stereocenters. The zero-order valence-corrected chi connectivity index (χ0v) is 8.02. The summed E-state index contributed by atoms with van der Waals surface area (Å²) in [4.78, 5) is 14.2. The van der Waals surface area contributed by atoms with E-state index in [1.165, 1.54) is 12.1 Å². The molecule has 1 aromatic heterocycles. The van der Waals surface area contributed by atoms with Gasteiger partial charge in [0.1, 0.15) is 5.82 Å². The van der Waals surface area contributed by atoms with Gasteiger partial charge in [0.25, 0.3) is 5.56 Å². The molecule has 3 heteroatoms. The summed E-state index contributed by atoms with van der Waals surface area (Å²) in [6, 6.07) is 4.62. The topological polar surface area (TPSA) is 32.9 Å². The number of nitrogens with one attached hydrogen (secondary N) is 1. The molecule has 0 aliphatic heterocycles. The summed E-state index contributed by atoms with van der Waals surface area (Å²) in [5.41, 5.74) is 1.11. The second-order valence-corrected chi connectivity index (χ2v) is 3.42. The van der Waals surface area contributed by atoms with Gasteiger partial charge in [0.2, 0.25) is 0 Å². The molecule has 2 rings (SSSR count). The van der Waals surface area contributed by atoms with Crippen molar-refractivity contribution < 1.29 is 4.39 Å². The first kappa shape index (κ1) is 8.94. The Balaban J connectivity index is 3.03. The minimum atomic E-state index is -0.275. The summed E-state index contributed by atoms with van der Waals surface area (Å²) in [6.07, 6.45) is 0. The van der Waals surface area contributed by atoms with Gasteiger partial charge in [-0.05, 0) is 43.0 Å². The van der Waals surface area contributed by atoms with Crippen molar-refractivity contribution in [3.05, 3.63) is 45.6 Å². The van der Waals surface area contributed by atoms with Crippen LogP contribution in [0.2, 0.25) is 0 Å². The van der Waals surface area contributed by atoms with E-state index in [4.69, 9.17) is 0 Å². The fourth-order valence-corrected chi connectivity index (χ4v) is 1.58. The molecule has 0 unspecified atom stereocenters. The lowest BCUT2D eigenvalue weighted by atomic mass is 10.1. The number of pyridine rings is 1. The lowest BCUT2D eigenvalue weighted by Crippen LogP contribution is -2.08. The van der Waals surface area contributed by atoms with Crippen LogP contribution < -0.4 is 5.56 Å². The van der Waals surface area contributed by atoms with Crippen LogP contribution in [0, 0.1) is 19.7 Å². The first-order valence-electron chi connectivity index (χ1n) is 4.38. The minimum absolute atomic E-state index is 0.164. The molecule has 0 saturated heterocycles. The average molecular weight is 191 g/mol. The highest BCUT2D eigenvalue weighted by atomic mass is 19.1. The van der Waals surface area contributed by atoms with Gasteiger partial charge in [0.05, 0.1) is 0 Å². The van der Waals surface area contributed by atoms with Crippen molar-refractivity contribution in [3.8, 4) is 0 Å². The molecule has 0 fully saturated rings. The minimum Gasteiger partial charge on any atom is -0.326 e. The third-order valence-corrected chi connectivity index (χ3v) is 2.36. The Labute approximate surface area is 80.4 Å². The quantitative estimate of drug-likeness (QED) is 0.680. The molecule has 1 N–H and O–H groups in total. The number of hydrogen-bond acceptors (Lipinski definition) is 1. The van der Waals surface area contributed by atoms with Crippen LogP contribution in [0.1, 0.15) is 11.3 Å². The van der Waals surface area contributed by atoms with Crippen LogP contribution in [-0.2, 0) is 0 Å². The molecule has 1 aromatic carbocycles. The summed E-state index contributed by atoms with van der Waals surface area (Å²) in [5.74, 6) is -0.275. The van der Waals surface area contributed by atoms with Crippen molar-refractivity contribution in [2.45, 2.75) is 13.8 Å². The smallest absolute Gasteiger partial charge is 0.256 e. The Bertz CT molecular complexity index is 557. The number of aromatic nitrogens is 1. The zero-order chi connectivity index (χ0) is 10.3. The Morgan fingerprint density at radius 2 is 1.93 bits per heavy atom. The van der Waals surface area contributed by atoms with E-state index in [-0.39, 0.29) is 11.4 Å². The standard InChI is InChI=1S/C11H10FNO/c1-6-5-9-7(2)10(12)4-3-8(9)11(14)13-6/h3-5H,1-2H3,(H,13,14).